The number of hydrogen-bond acceptors (Lipinski definition) is 9. The monoisotopic (exact) mass is 604 g/mol. The van der Waals surface area contributed by atoms with Crippen LogP contribution in [-0.4, -0.2) is 39.8 Å². The van der Waals surface area contributed by atoms with Crippen molar-refractivity contribution >= 4 is 44.6 Å². The smallest absolute Gasteiger partial charge is 0.338 e. The molecule has 3 aromatic carbocycles. The summed E-state index contributed by atoms with van der Waals surface area (Å²) in [5.41, 5.74) is 7.17. The first-order valence-electron chi connectivity index (χ1n) is 12.9. The Balaban J connectivity index is 1.92. The number of hydrogen-bond donors (Lipinski definition) is 1. The zero-order valence-electron chi connectivity index (χ0n) is 23.1. The summed E-state index contributed by atoms with van der Waals surface area (Å²) in [7, 11) is -1.30. The molecule has 0 spiro atoms. The van der Waals surface area contributed by atoms with E-state index in [4.69, 9.17) is 19.9 Å². The van der Waals surface area contributed by atoms with Gasteiger partial charge < -0.3 is 19.9 Å². The number of nitrogens with two attached hydrogens (primary N) is 1. The van der Waals surface area contributed by atoms with Crippen LogP contribution in [0.4, 0.5) is 0 Å². The van der Waals surface area contributed by atoms with Crippen LogP contribution < -0.4 is 30.0 Å². The number of nitrogens with zero attached hydrogens (tertiary/aromatic N) is 1. The van der Waals surface area contributed by atoms with Crippen molar-refractivity contribution in [3.63, 3.8) is 0 Å². The number of thiazole rings is 1. The van der Waals surface area contributed by atoms with Gasteiger partial charge in [-0.2, -0.15) is 0 Å². The number of carbonyl (C=O) groups excluding carboxylic acids is 1. The Morgan fingerprint density at radius 3 is 2.31 bits per heavy atom. The first kappa shape index (κ1) is 28.9. The molecular weight excluding hydrogens is 576 g/mol. The molecule has 1 atom stereocenters. The van der Waals surface area contributed by atoms with Gasteiger partial charge in [0.1, 0.15) is 26.9 Å². The number of methoxy groups -OCH3 is 2. The van der Waals surface area contributed by atoms with Crippen molar-refractivity contribution in [1.82, 2.24) is 4.57 Å². The molecule has 1 aromatic heterocycles. The number of sulfone groups is 1. The fourth-order valence-electron chi connectivity index (χ4n) is 4.85. The van der Waals surface area contributed by atoms with Crippen molar-refractivity contribution in [1.29, 1.82) is 0 Å². The lowest BCUT2D eigenvalue weighted by atomic mass is 9.89. The fourth-order valence-corrected chi connectivity index (χ4v) is 7.72. The van der Waals surface area contributed by atoms with Crippen LogP contribution in [0.1, 0.15) is 24.0 Å². The van der Waals surface area contributed by atoms with Gasteiger partial charge in [0, 0.05) is 0 Å². The molecule has 4 aromatic rings. The van der Waals surface area contributed by atoms with Gasteiger partial charge in [-0.15, -0.1) is 11.3 Å². The van der Waals surface area contributed by atoms with E-state index < -0.39 is 27.3 Å². The van der Waals surface area contributed by atoms with Gasteiger partial charge in [0.2, 0.25) is 9.84 Å². The van der Waals surface area contributed by atoms with Gasteiger partial charge in [0.25, 0.3) is 5.56 Å². The summed E-state index contributed by atoms with van der Waals surface area (Å²) in [6.07, 6.45) is 1.64. The van der Waals surface area contributed by atoms with Crippen molar-refractivity contribution < 1.29 is 27.4 Å². The van der Waals surface area contributed by atoms with E-state index in [0.717, 1.165) is 15.9 Å². The summed E-state index contributed by atoms with van der Waals surface area (Å²) < 4.78 is 46.2. The summed E-state index contributed by atoms with van der Waals surface area (Å²) in [5, 5.41) is 0. The van der Waals surface area contributed by atoms with E-state index >= 15 is 0 Å². The maximum absolute atomic E-state index is 14.3. The highest BCUT2D eigenvalue weighted by Gasteiger charge is 2.42. The number of ether oxygens (including phenoxy) is 3. The predicted octanol–water partition coefficient (Wildman–Crippen LogP) is 2.83. The van der Waals surface area contributed by atoms with Gasteiger partial charge in [-0.25, -0.2) is 13.2 Å². The molecule has 5 rings (SSSR count). The molecule has 1 aliphatic rings. The van der Waals surface area contributed by atoms with Crippen molar-refractivity contribution in [3.8, 4) is 11.5 Å². The largest absolute Gasteiger partial charge is 0.497 e. The Labute approximate surface area is 246 Å². The summed E-state index contributed by atoms with van der Waals surface area (Å²) >= 11 is 1.03. The van der Waals surface area contributed by atoms with Gasteiger partial charge in [-0.05, 0) is 60.5 Å². The zero-order chi connectivity index (χ0) is 30.0. The lowest BCUT2D eigenvalue weighted by Gasteiger charge is -2.28. The number of fused-ring (bicyclic) bond motifs is 1. The third kappa shape index (κ3) is 5.12. The number of aromatic nitrogens is 1. The molecule has 0 bridgehead atoms. The topological polar surface area (TPSA) is 127 Å². The van der Waals surface area contributed by atoms with Gasteiger partial charge in [0.15, 0.2) is 0 Å². The Morgan fingerprint density at radius 1 is 0.976 bits per heavy atom. The third-order valence-corrected chi connectivity index (χ3v) is 9.78. The molecule has 0 aliphatic carbocycles. The third-order valence-electron chi connectivity index (χ3n) is 6.76. The molecule has 2 heterocycles. The van der Waals surface area contributed by atoms with Crippen molar-refractivity contribution in [2.75, 3.05) is 20.8 Å². The van der Waals surface area contributed by atoms with Crippen LogP contribution in [0.5, 0.6) is 11.5 Å². The van der Waals surface area contributed by atoms with E-state index in [9.17, 15) is 18.0 Å². The number of rotatable bonds is 8. The maximum Gasteiger partial charge on any atom is 0.338 e. The molecule has 0 saturated heterocycles. The second kappa shape index (κ2) is 11.7. The van der Waals surface area contributed by atoms with Crippen molar-refractivity contribution in [2.24, 2.45) is 5.73 Å². The molecule has 2 N–H and O–H groups in total. The van der Waals surface area contributed by atoms with E-state index in [1.54, 1.807) is 79.7 Å². The van der Waals surface area contributed by atoms with Crippen LogP contribution in [0.3, 0.4) is 0 Å². The SMILES string of the molecule is CCOC(=O)C1=c2sc(=Cc3cccc(OC)c3)c(=O)n2C(N)=C(S(=O)(=O)c2ccccc2)[C@@H]1c1cccc(OC)c1. The van der Waals surface area contributed by atoms with Crippen LogP contribution in [0.15, 0.2) is 93.5 Å². The number of esters is 1. The molecule has 9 nitrogen and oxygen atoms in total. The van der Waals surface area contributed by atoms with Crippen LogP contribution in [0, 0.1) is 0 Å². The highest BCUT2D eigenvalue weighted by Crippen LogP contribution is 2.42. The summed E-state index contributed by atoms with van der Waals surface area (Å²) in [6.45, 7) is 1.68. The normalized spacial score (nSPS) is 15.4. The van der Waals surface area contributed by atoms with Gasteiger partial charge in [-0.1, -0.05) is 42.5 Å². The first-order valence-corrected chi connectivity index (χ1v) is 15.2. The standard InChI is InChI=1S/C31H28N2O7S2/c1-4-40-31(35)26-25(20-11-9-13-22(18-20)39-3)27(42(36,37)23-14-6-5-7-15-23)28(32)33-29(34)24(41-30(26)33)17-19-10-8-12-21(16-19)38-2/h5-18,25H,4,32H2,1-3H3/t25-/m1/s1. The Kier molecular flexibility index (Phi) is 8.06. The van der Waals surface area contributed by atoms with Crippen LogP contribution in [0.25, 0.3) is 17.5 Å². The Bertz CT molecular complexity index is 1990. The highest BCUT2D eigenvalue weighted by atomic mass is 32.2. The van der Waals surface area contributed by atoms with E-state index in [-0.39, 0.29) is 37.0 Å². The Hall–Kier alpha value is -4.61. The second-order valence-corrected chi connectivity index (χ2v) is 12.2. The number of carbonyl (C=O) groups is 1. The van der Waals surface area contributed by atoms with E-state index in [1.165, 1.54) is 26.4 Å². The minimum Gasteiger partial charge on any atom is -0.497 e. The van der Waals surface area contributed by atoms with Gasteiger partial charge >= 0.3 is 5.97 Å². The van der Waals surface area contributed by atoms with Gasteiger partial charge in [-0.3, -0.25) is 9.36 Å². The minimum atomic E-state index is -4.32. The van der Waals surface area contributed by atoms with Crippen LogP contribution >= 0.6 is 11.3 Å². The van der Waals surface area contributed by atoms with Crippen molar-refractivity contribution in [3.05, 3.63) is 114 Å². The summed E-state index contributed by atoms with van der Waals surface area (Å²) in [5.74, 6) is -1.19. The van der Waals surface area contributed by atoms with Crippen molar-refractivity contribution in [2.45, 2.75) is 17.7 Å². The van der Waals surface area contributed by atoms with E-state index in [0.29, 0.717) is 22.6 Å². The molecule has 1 aliphatic heterocycles. The minimum absolute atomic E-state index is 0.0128. The highest BCUT2D eigenvalue weighted by molar-refractivity contribution is 7.95. The van der Waals surface area contributed by atoms with E-state index in [1.807, 2.05) is 0 Å². The zero-order valence-corrected chi connectivity index (χ0v) is 24.7. The predicted molar refractivity (Wildman–Crippen MR) is 161 cm³/mol. The first-order chi connectivity index (χ1) is 20.2. The quantitative estimate of drug-likeness (QED) is 0.304. The molecule has 0 saturated carbocycles. The molecule has 0 fully saturated rings. The fraction of sp³-hybridized carbons (Fsp3) is 0.161. The molecule has 42 heavy (non-hydrogen) atoms. The second-order valence-electron chi connectivity index (χ2n) is 9.24. The van der Waals surface area contributed by atoms with E-state index in [2.05, 4.69) is 0 Å². The average molecular weight is 605 g/mol. The number of benzene rings is 3. The maximum atomic E-state index is 14.3. The van der Waals surface area contributed by atoms with Crippen LogP contribution in [-0.2, 0) is 19.4 Å². The number of allylic oxidation sites excluding steroid dienone is 1. The Morgan fingerprint density at radius 2 is 1.64 bits per heavy atom. The average Bonchev–Trinajstić information content (AvgIpc) is 3.32. The van der Waals surface area contributed by atoms with Crippen LogP contribution in [0.2, 0.25) is 0 Å². The molecule has 0 radical (unpaired) electrons. The molecule has 0 amide bonds. The molecular formula is C31H28N2O7S2. The lowest BCUT2D eigenvalue weighted by molar-refractivity contribution is -0.136. The molecule has 11 heteroatoms. The van der Waals surface area contributed by atoms with Gasteiger partial charge in [0.05, 0.1) is 41.7 Å². The summed E-state index contributed by atoms with van der Waals surface area (Å²) in [4.78, 5) is 27.2. The lowest BCUT2D eigenvalue weighted by Crippen LogP contribution is -2.41. The molecule has 216 valence electrons. The summed E-state index contributed by atoms with van der Waals surface area (Å²) in [6, 6.07) is 21.6. The molecule has 0 unspecified atom stereocenters.